The van der Waals surface area contributed by atoms with Gasteiger partial charge in [0.25, 0.3) is 5.91 Å². The Labute approximate surface area is 259 Å². The molecule has 8 nitrogen and oxygen atoms in total. The number of rotatable bonds is 11. The number of carboxylic acids is 1. The van der Waals surface area contributed by atoms with Gasteiger partial charge in [-0.05, 0) is 86.3 Å². The van der Waals surface area contributed by atoms with E-state index in [1.54, 1.807) is 6.08 Å². The van der Waals surface area contributed by atoms with Gasteiger partial charge in [0, 0.05) is 35.8 Å². The summed E-state index contributed by atoms with van der Waals surface area (Å²) < 4.78 is 6.43. The zero-order valence-electron chi connectivity index (χ0n) is 23.3. The number of thioether (sulfide) groups is 1. The summed E-state index contributed by atoms with van der Waals surface area (Å²) in [4.78, 5) is 40.8. The first kappa shape index (κ1) is 31.2. The summed E-state index contributed by atoms with van der Waals surface area (Å²) in [5.74, 6) is -1.02. The van der Waals surface area contributed by atoms with Crippen molar-refractivity contribution >= 4 is 69.4 Å². The number of aromatic carboxylic acids is 1. The fraction of sp³-hybridized carbons (Fsp3) is 0.226. The lowest BCUT2D eigenvalue weighted by molar-refractivity contribution is -0.122. The fourth-order valence-corrected chi connectivity index (χ4v) is 5.53. The monoisotopic (exact) mass is 623 g/mol. The average Bonchev–Trinajstić information content (AvgIpc) is 3.21. The van der Waals surface area contributed by atoms with Crippen LogP contribution in [0.15, 0.2) is 65.6 Å². The number of likely N-dealkylation sites (N-methyl/N-ethyl adjacent to an activating group) is 1. The van der Waals surface area contributed by atoms with E-state index in [1.807, 2.05) is 62.3 Å². The molecule has 0 aliphatic carbocycles. The van der Waals surface area contributed by atoms with Gasteiger partial charge in [-0.3, -0.25) is 14.5 Å². The molecule has 11 heteroatoms. The maximum Gasteiger partial charge on any atom is 0.335 e. The molecule has 1 aliphatic rings. The number of nitrogens with zero attached hydrogens (tertiary/aromatic N) is 2. The van der Waals surface area contributed by atoms with E-state index >= 15 is 0 Å². The Bertz CT molecular complexity index is 1560. The van der Waals surface area contributed by atoms with Crippen molar-refractivity contribution in [2.45, 2.75) is 13.3 Å². The molecule has 3 aromatic rings. The van der Waals surface area contributed by atoms with Gasteiger partial charge >= 0.3 is 5.97 Å². The van der Waals surface area contributed by atoms with E-state index in [2.05, 4.69) is 5.32 Å². The highest BCUT2D eigenvalue weighted by atomic mass is 35.5. The topological polar surface area (TPSA) is 99.2 Å². The standard InChI is InChI=1S/C31H30ClN3O5S2/c1-19-4-5-22(17-25(19)32)21-8-11-26(40-15-14-34(2)3)23(16-21)18-27-29(37)35(31(41)42-27)13-12-28(36)33-24-9-6-20(7-10-24)30(38)39/h4-11,16-18H,12-15H2,1-3H3,(H,33,36)(H,38,39). The molecule has 1 aliphatic heterocycles. The number of carbonyl (C=O) groups is 3. The van der Waals surface area contributed by atoms with Crippen LogP contribution in [0.1, 0.15) is 27.9 Å². The number of nitrogens with one attached hydrogen (secondary N) is 1. The number of carboxylic acid groups (broad SMARTS) is 1. The van der Waals surface area contributed by atoms with Crippen LogP contribution < -0.4 is 10.1 Å². The van der Waals surface area contributed by atoms with Gasteiger partial charge in [-0.1, -0.05) is 53.8 Å². The molecule has 1 saturated heterocycles. The number of hydrogen-bond donors (Lipinski definition) is 2. The van der Waals surface area contributed by atoms with Crippen LogP contribution in [0.4, 0.5) is 5.69 Å². The molecule has 1 fully saturated rings. The maximum absolute atomic E-state index is 13.3. The molecule has 0 unspecified atom stereocenters. The second-order valence-corrected chi connectivity index (χ2v) is 12.0. The minimum Gasteiger partial charge on any atom is -0.492 e. The molecule has 0 atom stereocenters. The van der Waals surface area contributed by atoms with Crippen molar-refractivity contribution in [1.29, 1.82) is 0 Å². The third-order valence-electron chi connectivity index (χ3n) is 6.45. The zero-order valence-corrected chi connectivity index (χ0v) is 25.7. The molecule has 0 spiro atoms. The van der Waals surface area contributed by atoms with Gasteiger partial charge in [-0.2, -0.15) is 0 Å². The van der Waals surface area contributed by atoms with Crippen molar-refractivity contribution < 1.29 is 24.2 Å². The number of hydrogen-bond acceptors (Lipinski definition) is 7. The summed E-state index contributed by atoms with van der Waals surface area (Å²) in [5.41, 5.74) is 4.16. The number of anilines is 1. The summed E-state index contributed by atoms with van der Waals surface area (Å²) in [6, 6.07) is 17.5. The van der Waals surface area contributed by atoms with Crippen molar-refractivity contribution in [2.75, 3.05) is 39.1 Å². The van der Waals surface area contributed by atoms with E-state index in [0.717, 1.165) is 28.8 Å². The highest BCUT2D eigenvalue weighted by Gasteiger charge is 2.32. The van der Waals surface area contributed by atoms with Gasteiger partial charge in [-0.25, -0.2) is 4.79 Å². The quantitative estimate of drug-likeness (QED) is 0.193. The molecule has 3 aromatic carbocycles. The predicted molar refractivity (Wildman–Crippen MR) is 172 cm³/mol. The van der Waals surface area contributed by atoms with Gasteiger partial charge in [0.15, 0.2) is 0 Å². The van der Waals surface area contributed by atoms with Crippen LogP contribution in [0, 0.1) is 6.92 Å². The fourth-order valence-electron chi connectivity index (χ4n) is 4.05. The molecule has 2 N–H and O–H groups in total. The van der Waals surface area contributed by atoms with E-state index in [1.165, 1.54) is 40.9 Å². The van der Waals surface area contributed by atoms with Crippen LogP contribution in [0.2, 0.25) is 5.02 Å². The molecule has 0 bridgehead atoms. The Morgan fingerprint density at radius 3 is 2.45 bits per heavy atom. The number of benzene rings is 3. The summed E-state index contributed by atoms with van der Waals surface area (Å²) in [6.07, 6.45) is 1.79. The highest BCUT2D eigenvalue weighted by Crippen LogP contribution is 2.36. The summed E-state index contributed by atoms with van der Waals surface area (Å²) >= 11 is 13.0. The van der Waals surface area contributed by atoms with Gasteiger partial charge in [0.05, 0.1) is 10.5 Å². The Morgan fingerprint density at radius 1 is 1.10 bits per heavy atom. The molecule has 218 valence electrons. The minimum atomic E-state index is -1.05. The number of carbonyl (C=O) groups excluding carboxylic acids is 2. The van der Waals surface area contributed by atoms with Crippen LogP contribution >= 0.6 is 35.6 Å². The molecule has 4 rings (SSSR count). The molecule has 2 amide bonds. The zero-order chi connectivity index (χ0) is 30.4. The van der Waals surface area contributed by atoms with E-state index in [4.69, 9.17) is 33.7 Å². The lowest BCUT2D eigenvalue weighted by atomic mass is 10.0. The van der Waals surface area contributed by atoms with Crippen LogP contribution in [0.5, 0.6) is 5.75 Å². The van der Waals surface area contributed by atoms with Gasteiger partial charge in [0.2, 0.25) is 5.91 Å². The Hall–Kier alpha value is -3.70. The number of halogens is 1. The number of aryl methyl sites for hydroxylation is 1. The largest absolute Gasteiger partial charge is 0.492 e. The van der Waals surface area contributed by atoms with E-state index in [-0.39, 0.29) is 30.3 Å². The van der Waals surface area contributed by atoms with Crippen molar-refractivity contribution in [3.05, 3.63) is 87.3 Å². The predicted octanol–water partition coefficient (Wildman–Crippen LogP) is 6.18. The Morgan fingerprint density at radius 2 is 1.79 bits per heavy atom. The Balaban J connectivity index is 1.50. The van der Waals surface area contributed by atoms with E-state index in [0.29, 0.717) is 32.3 Å². The van der Waals surface area contributed by atoms with Crippen LogP contribution in [-0.2, 0) is 9.59 Å². The summed E-state index contributed by atoms with van der Waals surface area (Å²) in [6.45, 7) is 3.25. The molecule has 0 radical (unpaired) electrons. The van der Waals surface area contributed by atoms with Crippen molar-refractivity contribution in [3.8, 4) is 16.9 Å². The number of ether oxygens (including phenoxy) is 1. The summed E-state index contributed by atoms with van der Waals surface area (Å²) in [5, 5.41) is 12.4. The SMILES string of the molecule is Cc1ccc(-c2ccc(OCCN(C)C)c(C=C3SC(=S)N(CCC(=O)Nc4ccc(C(=O)O)cc4)C3=O)c2)cc1Cl. The second-order valence-electron chi connectivity index (χ2n) is 9.88. The van der Waals surface area contributed by atoms with Crippen LogP contribution in [-0.4, -0.2) is 70.8 Å². The molecule has 0 saturated carbocycles. The Kier molecular flexibility index (Phi) is 10.4. The van der Waals surface area contributed by atoms with Gasteiger partial charge < -0.3 is 20.1 Å². The average molecular weight is 624 g/mol. The number of thiocarbonyl (C=S) groups is 1. The van der Waals surface area contributed by atoms with Crippen molar-refractivity contribution in [3.63, 3.8) is 0 Å². The minimum absolute atomic E-state index is 0.0168. The van der Waals surface area contributed by atoms with Crippen molar-refractivity contribution in [1.82, 2.24) is 9.80 Å². The maximum atomic E-state index is 13.3. The lowest BCUT2D eigenvalue weighted by Gasteiger charge is -2.15. The van der Waals surface area contributed by atoms with Crippen molar-refractivity contribution in [2.24, 2.45) is 0 Å². The molecule has 42 heavy (non-hydrogen) atoms. The number of amides is 2. The normalized spacial score (nSPS) is 14.1. The molecule has 1 heterocycles. The smallest absolute Gasteiger partial charge is 0.335 e. The molecule has 0 aromatic heterocycles. The van der Waals surface area contributed by atoms with Gasteiger partial charge in [0.1, 0.15) is 16.7 Å². The third kappa shape index (κ3) is 7.98. The first-order chi connectivity index (χ1) is 20.0. The first-order valence-electron chi connectivity index (χ1n) is 13.1. The lowest BCUT2D eigenvalue weighted by Crippen LogP contribution is -2.31. The third-order valence-corrected chi connectivity index (χ3v) is 8.23. The van der Waals surface area contributed by atoms with E-state index < -0.39 is 5.97 Å². The highest BCUT2D eigenvalue weighted by molar-refractivity contribution is 8.26. The molecular formula is C31H30ClN3O5S2. The summed E-state index contributed by atoms with van der Waals surface area (Å²) in [7, 11) is 3.93. The van der Waals surface area contributed by atoms with Gasteiger partial charge in [-0.15, -0.1) is 0 Å². The van der Waals surface area contributed by atoms with E-state index in [9.17, 15) is 14.4 Å². The van der Waals surface area contributed by atoms with Crippen LogP contribution in [0.25, 0.3) is 17.2 Å². The second kappa shape index (κ2) is 14.0. The molecular weight excluding hydrogens is 594 g/mol. The van der Waals surface area contributed by atoms with Crippen LogP contribution in [0.3, 0.4) is 0 Å². The first-order valence-corrected chi connectivity index (χ1v) is 14.7.